The normalized spacial score (nSPS) is 10.7. The van der Waals surface area contributed by atoms with Gasteiger partial charge in [0.1, 0.15) is 0 Å². The molecule has 2 N–H and O–H groups in total. The highest BCUT2D eigenvalue weighted by Crippen LogP contribution is 2.23. The number of amides is 1. The van der Waals surface area contributed by atoms with Crippen molar-refractivity contribution in [3.8, 4) is 5.69 Å². The number of carbonyl (C=O) groups is 1. The number of carbonyl (C=O) groups excluding carboxylic acids is 1. The van der Waals surface area contributed by atoms with Gasteiger partial charge in [0.15, 0.2) is 17.5 Å². The molecule has 1 amide bonds. The van der Waals surface area contributed by atoms with Crippen molar-refractivity contribution in [2.45, 2.75) is 13.8 Å². The lowest BCUT2D eigenvalue weighted by Crippen LogP contribution is -2.30. The lowest BCUT2D eigenvalue weighted by Gasteiger charge is -2.12. The Labute approximate surface area is 162 Å². The summed E-state index contributed by atoms with van der Waals surface area (Å²) in [5.74, 6) is -4.85. The number of hydrogen-bond donors (Lipinski definition) is 2. The second-order valence-electron chi connectivity index (χ2n) is 5.90. The van der Waals surface area contributed by atoms with Crippen LogP contribution in [0.4, 0.5) is 18.9 Å². The molecular formula is C19H15BrF3N3O. The van der Waals surface area contributed by atoms with Crippen LogP contribution in [0.2, 0.25) is 0 Å². The Bertz CT molecular complexity index is 1030. The molecule has 3 rings (SSSR count). The van der Waals surface area contributed by atoms with Crippen LogP contribution in [0.25, 0.3) is 5.69 Å². The van der Waals surface area contributed by atoms with Crippen LogP contribution in [0.15, 0.2) is 46.9 Å². The summed E-state index contributed by atoms with van der Waals surface area (Å²) in [5, 5.41) is 0. The minimum atomic E-state index is -1.61. The number of anilines is 1. The highest BCUT2D eigenvalue weighted by molar-refractivity contribution is 9.10. The van der Waals surface area contributed by atoms with Crippen LogP contribution < -0.4 is 10.9 Å². The van der Waals surface area contributed by atoms with Gasteiger partial charge in [-0.1, -0.05) is 22.0 Å². The third-order valence-electron chi connectivity index (χ3n) is 4.09. The molecule has 0 atom stereocenters. The summed E-state index contributed by atoms with van der Waals surface area (Å²) in [7, 11) is 0. The van der Waals surface area contributed by atoms with Crippen molar-refractivity contribution in [3.63, 3.8) is 0 Å². The number of benzene rings is 2. The standard InChI is InChI=1S/C19H15BrF3N3O/c1-10-8-14(11(2)26(10)13-5-3-4-12(20)9-13)19(27)25-24-16-7-6-15(21)17(22)18(16)23/h3-9,24H,1-2H3,(H,25,27). The van der Waals surface area contributed by atoms with Gasteiger partial charge >= 0.3 is 0 Å². The summed E-state index contributed by atoms with van der Waals surface area (Å²) in [6, 6.07) is 11.1. The van der Waals surface area contributed by atoms with E-state index >= 15 is 0 Å². The molecule has 0 aliphatic rings. The van der Waals surface area contributed by atoms with Crippen LogP contribution in [0, 0.1) is 31.3 Å². The molecule has 0 unspecified atom stereocenters. The van der Waals surface area contributed by atoms with Crippen molar-refractivity contribution >= 4 is 27.5 Å². The highest BCUT2D eigenvalue weighted by Gasteiger charge is 2.18. The Balaban J connectivity index is 1.84. The van der Waals surface area contributed by atoms with Gasteiger partial charge in [0.25, 0.3) is 5.91 Å². The number of nitrogens with one attached hydrogen (secondary N) is 2. The van der Waals surface area contributed by atoms with Crippen molar-refractivity contribution in [3.05, 3.63) is 81.3 Å². The van der Waals surface area contributed by atoms with E-state index < -0.39 is 23.4 Å². The van der Waals surface area contributed by atoms with Gasteiger partial charge in [0, 0.05) is 21.5 Å². The summed E-state index contributed by atoms with van der Waals surface area (Å²) in [6.45, 7) is 3.63. The van der Waals surface area contributed by atoms with Gasteiger partial charge in [-0.15, -0.1) is 0 Å². The molecule has 0 aliphatic heterocycles. The molecular weight excluding hydrogens is 423 g/mol. The van der Waals surface area contributed by atoms with E-state index in [2.05, 4.69) is 26.8 Å². The molecule has 3 aromatic rings. The van der Waals surface area contributed by atoms with Crippen molar-refractivity contribution in [1.29, 1.82) is 0 Å². The Kier molecular flexibility index (Phi) is 5.27. The topological polar surface area (TPSA) is 46.1 Å². The lowest BCUT2D eigenvalue weighted by molar-refractivity contribution is 0.0962. The molecule has 4 nitrogen and oxygen atoms in total. The number of halogens is 4. The van der Waals surface area contributed by atoms with Gasteiger partial charge < -0.3 is 4.57 Å². The zero-order valence-corrected chi connectivity index (χ0v) is 16.0. The van der Waals surface area contributed by atoms with Gasteiger partial charge in [-0.25, -0.2) is 13.2 Å². The Morgan fingerprint density at radius 3 is 2.48 bits per heavy atom. The first-order valence-electron chi connectivity index (χ1n) is 7.94. The molecule has 0 bridgehead atoms. The van der Waals surface area contributed by atoms with E-state index in [0.717, 1.165) is 28.0 Å². The van der Waals surface area contributed by atoms with Crippen molar-refractivity contribution in [2.24, 2.45) is 0 Å². The smallest absolute Gasteiger partial charge is 0.271 e. The number of nitrogens with zero attached hydrogens (tertiary/aromatic N) is 1. The highest BCUT2D eigenvalue weighted by atomic mass is 79.9. The molecule has 8 heteroatoms. The first-order chi connectivity index (χ1) is 12.8. The maximum absolute atomic E-state index is 13.7. The Morgan fingerprint density at radius 1 is 1.04 bits per heavy atom. The zero-order chi connectivity index (χ0) is 19.7. The number of hydrogen-bond acceptors (Lipinski definition) is 2. The predicted octanol–water partition coefficient (Wildman–Crippen LogP) is 5.03. The van der Waals surface area contributed by atoms with E-state index in [1.54, 1.807) is 13.0 Å². The third kappa shape index (κ3) is 3.71. The van der Waals surface area contributed by atoms with E-state index in [1.807, 2.05) is 35.8 Å². The van der Waals surface area contributed by atoms with Gasteiger partial charge in [-0.3, -0.25) is 15.6 Å². The first kappa shape index (κ1) is 19.0. The maximum Gasteiger partial charge on any atom is 0.271 e. The van der Waals surface area contributed by atoms with Crippen molar-refractivity contribution < 1.29 is 18.0 Å². The number of hydrazine groups is 1. The minimum absolute atomic E-state index is 0.364. The molecule has 0 radical (unpaired) electrons. The molecule has 0 saturated carbocycles. The molecule has 0 fully saturated rings. The Hall–Kier alpha value is -2.74. The fourth-order valence-corrected chi connectivity index (χ4v) is 3.21. The maximum atomic E-state index is 13.7. The van der Waals surface area contributed by atoms with E-state index in [4.69, 9.17) is 0 Å². The van der Waals surface area contributed by atoms with Gasteiger partial charge in [-0.2, -0.15) is 0 Å². The SMILES string of the molecule is Cc1cc(C(=O)NNc2ccc(F)c(F)c2F)c(C)n1-c1cccc(Br)c1. The van der Waals surface area contributed by atoms with E-state index in [0.29, 0.717) is 11.3 Å². The fraction of sp³-hybridized carbons (Fsp3) is 0.105. The zero-order valence-electron chi connectivity index (χ0n) is 14.4. The summed E-state index contributed by atoms with van der Waals surface area (Å²) in [6.07, 6.45) is 0. The molecule has 0 saturated heterocycles. The van der Waals surface area contributed by atoms with Crippen LogP contribution >= 0.6 is 15.9 Å². The average Bonchev–Trinajstić information content (AvgIpc) is 2.93. The molecule has 0 aliphatic carbocycles. The summed E-state index contributed by atoms with van der Waals surface area (Å²) in [5.41, 5.74) is 6.96. The monoisotopic (exact) mass is 437 g/mol. The van der Waals surface area contributed by atoms with Crippen molar-refractivity contribution in [2.75, 3.05) is 5.43 Å². The second kappa shape index (κ2) is 7.48. The molecule has 2 aromatic carbocycles. The van der Waals surface area contributed by atoms with Crippen LogP contribution in [-0.2, 0) is 0 Å². The van der Waals surface area contributed by atoms with Gasteiger partial charge in [-0.05, 0) is 50.2 Å². The second-order valence-corrected chi connectivity index (χ2v) is 6.82. The van der Waals surface area contributed by atoms with E-state index in [-0.39, 0.29) is 5.69 Å². The molecule has 27 heavy (non-hydrogen) atoms. The molecule has 1 heterocycles. The number of aromatic nitrogens is 1. The Morgan fingerprint density at radius 2 is 1.78 bits per heavy atom. The number of aryl methyl sites for hydroxylation is 1. The molecule has 1 aromatic heterocycles. The van der Waals surface area contributed by atoms with Gasteiger partial charge in [0.2, 0.25) is 0 Å². The third-order valence-corrected chi connectivity index (χ3v) is 4.58. The molecule has 0 spiro atoms. The first-order valence-corrected chi connectivity index (χ1v) is 8.73. The van der Waals surface area contributed by atoms with Crippen LogP contribution in [-0.4, -0.2) is 10.5 Å². The summed E-state index contributed by atoms with van der Waals surface area (Å²) in [4.78, 5) is 12.5. The summed E-state index contributed by atoms with van der Waals surface area (Å²) < 4.78 is 42.7. The molecule has 140 valence electrons. The summed E-state index contributed by atoms with van der Waals surface area (Å²) >= 11 is 3.42. The predicted molar refractivity (Wildman–Crippen MR) is 100 cm³/mol. The number of rotatable bonds is 4. The van der Waals surface area contributed by atoms with E-state index in [9.17, 15) is 18.0 Å². The largest absolute Gasteiger partial charge is 0.318 e. The lowest BCUT2D eigenvalue weighted by atomic mass is 10.2. The average molecular weight is 438 g/mol. The van der Waals surface area contributed by atoms with Crippen LogP contribution in [0.3, 0.4) is 0 Å². The van der Waals surface area contributed by atoms with E-state index in [1.165, 1.54) is 0 Å². The fourth-order valence-electron chi connectivity index (χ4n) is 2.82. The van der Waals surface area contributed by atoms with Crippen LogP contribution in [0.1, 0.15) is 21.7 Å². The quantitative estimate of drug-likeness (QED) is 0.444. The van der Waals surface area contributed by atoms with Crippen LogP contribution in [0.5, 0.6) is 0 Å². The van der Waals surface area contributed by atoms with Gasteiger partial charge in [0.05, 0.1) is 11.3 Å². The minimum Gasteiger partial charge on any atom is -0.318 e. The van der Waals surface area contributed by atoms with Crippen molar-refractivity contribution in [1.82, 2.24) is 9.99 Å².